The Hall–Kier alpha value is -2.30. The van der Waals surface area contributed by atoms with E-state index in [1.54, 1.807) is 18.2 Å². The van der Waals surface area contributed by atoms with Crippen molar-refractivity contribution in [3.63, 3.8) is 0 Å². The minimum atomic E-state index is -0.969. The summed E-state index contributed by atoms with van der Waals surface area (Å²) in [5.41, 5.74) is 3.05. The highest BCUT2D eigenvalue weighted by Crippen LogP contribution is 2.49. The van der Waals surface area contributed by atoms with E-state index in [0.29, 0.717) is 12.4 Å². The third kappa shape index (κ3) is 4.71. The zero-order valence-electron chi connectivity index (χ0n) is 17.7. The van der Waals surface area contributed by atoms with Crippen LogP contribution >= 0.6 is 11.6 Å². The molecule has 0 spiro atoms. The minimum Gasteiger partial charge on any atom is -0.493 e. The van der Waals surface area contributed by atoms with Gasteiger partial charge in [0.1, 0.15) is 5.75 Å². The van der Waals surface area contributed by atoms with Crippen LogP contribution in [0.5, 0.6) is 5.75 Å². The summed E-state index contributed by atoms with van der Waals surface area (Å²) in [6.45, 7) is 10.8. The summed E-state index contributed by atoms with van der Waals surface area (Å²) >= 11 is 6.48. The standard InChI is InChI=1S/C25H29ClO4/c1-5-12-29-23-11-10-17(25(27)28)13-21(23)24-19(15(2)3)14-20(16(4)30-24)18-8-6-7-9-22(18)26/h6-11,13,16,19-20,24H,2,5,12,14H2,1,3-4H3,(H,27,28)/t16-,19+,20+,24-/m0/s1. The first-order valence-corrected chi connectivity index (χ1v) is 10.8. The summed E-state index contributed by atoms with van der Waals surface area (Å²) in [5, 5.41) is 10.2. The quantitative estimate of drug-likeness (QED) is 0.501. The Morgan fingerprint density at radius 3 is 2.63 bits per heavy atom. The van der Waals surface area contributed by atoms with Gasteiger partial charge in [-0.3, -0.25) is 0 Å². The van der Waals surface area contributed by atoms with Crippen molar-refractivity contribution in [3.05, 3.63) is 76.3 Å². The van der Waals surface area contributed by atoms with E-state index < -0.39 is 5.97 Å². The Bertz CT molecular complexity index is 923. The maximum Gasteiger partial charge on any atom is 0.335 e. The summed E-state index contributed by atoms with van der Waals surface area (Å²) in [6, 6.07) is 12.8. The van der Waals surface area contributed by atoms with Gasteiger partial charge in [-0.25, -0.2) is 4.79 Å². The third-order valence-electron chi connectivity index (χ3n) is 5.76. The van der Waals surface area contributed by atoms with Gasteiger partial charge < -0.3 is 14.6 Å². The zero-order valence-corrected chi connectivity index (χ0v) is 18.5. The number of rotatable bonds is 7. The van der Waals surface area contributed by atoms with Crippen LogP contribution in [0.4, 0.5) is 0 Å². The van der Waals surface area contributed by atoms with E-state index in [-0.39, 0.29) is 29.6 Å². The number of aromatic carboxylic acids is 1. The van der Waals surface area contributed by atoms with Gasteiger partial charge in [0.05, 0.1) is 24.4 Å². The SMILES string of the molecule is C=C(C)[C@H]1C[C@@H](c2ccccc2Cl)[C@H](C)O[C@@H]1c1cc(C(=O)O)ccc1OCCC. The summed E-state index contributed by atoms with van der Waals surface area (Å²) in [6.07, 6.45) is 1.25. The van der Waals surface area contributed by atoms with Crippen LogP contribution in [-0.2, 0) is 4.74 Å². The normalized spacial score (nSPS) is 23.7. The Labute approximate surface area is 183 Å². The first-order chi connectivity index (χ1) is 14.3. The maximum atomic E-state index is 11.6. The second-order valence-electron chi connectivity index (χ2n) is 7.98. The molecule has 4 nitrogen and oxygen atoms in total. The van der Waals surface area contributed by atoms with Gasteiger partial charge in [-0.05, 0) is 56.5 Å². The van der Waals surface area contributed by atoms with E-state index in [9.17, 15) is 9.90 Å². The molecule has 160 valence electrons. The third-order valence-corrected chi connectivity index (χ3v) is 6.11. The molecule has 30 heavy (non-hydrogen) atoms. The highest BCUT2D eigenvalue weighted by Gasteiger charge is 2.39. The van der Waals surface area contributed by atoms with Gasteiger partial charge in [0.15, 0.2) is 0 Å². The first-order valence-electron chi connectivity index (χ1n) is 10.4. The predicted octanol–water partition coefficient (Wildman–Crippen LogP) is 6.65. The number of carbonyl (C=O) groups is 1. The van der Waals surface area contributed by atoms with Crippen molar-refractivity contribution in [1.29, 1.82) is 0 Å². The smallest absolute Gasteiger partial charge is 0.335 e. The van der Waals surface area contributed by atoms with Gasteiger partial charge >= 0.3 is 5.97 Å². The van der Waals surface area contributed by atoms with Crippen LogP contribution in [0, 0.1) is 5.92 Å². The van der Waals surface area contributed by atoms with Crippen molar-refractivity contribution in [1.82, 2.24) is 0 Å². The van der Waals surface area contributed by atoms with Crippen LogP contribution in [0.2, 0.25) is 5.02 Å². The molecule has 0 bridgehead atoms. The number of carboxylic acid groups (broad SMARTS) is 1. The molecular weight excluding hydrogens is 400 g/mol. The largest absolute Gasteiger partial charge is 0.493 e. The maximum absolute atomic E-state index is 11.6. The van der Waals surface area contributed by atoms with Crippen LogP contribution in [0.3, 0.4) is 0 Å². The minimum absolute atomic E-state index is 0.00972. The number of ether oxygens (including phenoxy) is 2. The lowest BCUT2D eigenvalue weighted by Crippen LogP contribution is -2.34. The van der Waals surface area contributed by atoms with Crippen LogP contribution in [0.1, 0.15) is 67.1 Å². The molecule has 1 N–H and O–H groups in total. The van der Waals surface area contributed by atoms with Gasteiger partial charge in [-0.1, -0.05) is 48.9 Å². The summed E-state index contributed by atoms with van der Waals surface area (Å²) < 4.78 is 12.5. The molecule has 1 saturated heterocycles. The monoisotopic (exact) mass is 428 g/mol. The fraction of sp³-hybridized carbons (Fsp3) is 0.400. The lowest BCUT2D eigenvalue weighted by molar-refractivity contribution is -0.0812. The first kappa shape index (κ1) is 22.4. The summed E-state index contributed by atoms with van der Waals surface area (Å²) in [4.78, 5) is 11.6. The van der Waals surface area contributed by atoms with Crippen LogP contribution in [0.25, 0.3) is 0 Å². The summed E-state index contributed by atoms with van der Waals surface area (Å²) in [7, 11) is 0. The molecule has 2 aromatic rings. The average Bonchev–Trinajstić information content (AvgIpc) is 2.72. The number of halogens is 1. The molecule has 1 aliphatic rings. The lowest BCUT2D eigenvalue weighted by Gasteiger charge is -2.42. The molecule has 1 heterocycles. The molecule has 5 heteroatoms. The van der Waals surface area contributed by atoms with E-state index in [0.717, 1.165) is 34.6 Å². The topological polar surface area (TPSA) is 55.8 Å². The Morgan fingerprint density at radius 2 is 2.00 bits per heavy atom. The second kappa shape index (κ2) is 9.67. The van der Waals surface area contributed by atoms with E-state index in [1.807, 2.05) is 45.0 Å². The van der Waals surface area contributed by atoms with Crippen molar-refractivity contribution < 1.29 is 19.4 Å². The average molecular weight is 429 g/mol. The highest BCUT2D eigenvalue weighted by atomic mass is 35.5. The van der Waals surface area contributed by atoms with Crippen LogP contribution < -0.4 is 4.74 Å². The molecule has 0 aliphatic carbocycles. The number of benzene rings is 2. The Balaban J connectivity index is 2.01. The molecule has 0 radical (unpaired) electrons. The Kier molecular flexibility index (Phi) is 7.22. The van der Waals surface area contributed by atoms with Crippen LogP contribution in [0.15, 0.2) is 54.6 Å². The van der Waals surface area contributed by atoms with Crippen molar-refractivity contribution >= 4 is 17.6 Å². The van der Waals surface area contributed by atoms with Crippen molar-refractivity contribution in [2.24, 2.45) is 5.92 Å². The number of carboxylic acids is 1. The fourth-order valence-electron chi connectivity index (χ4n) is 4.16. The number of hydrogen-bond donors (Lipinski definition) is 1. The van der Waals surface area contributed by atoms with E-state index >= 15 is 0 Å². The van der Waals surface area contributed by atoms with E-state index in [1.165, 1.54) is 0 Å². The van der Waals surface area contributed by atoms with Crippen molar-refractivity contribution in [3.8, 4) is 5.75 Å². The fourth-order valence-corrected chi connectivity index (χ4v) is 4.44. The highest BCUT2D eigenvalue weighted by molar-refractivity contribution is 6.31. The van der Waals surface area contributed by atoms with Gasteiger partial charge in [0, 0.05) is 22.4 Å². The van der Waals surface area contributed by atoms with Crippen molar-refractivity contribution in [2.75, 3.05) is 6.61 Å². The van der Waals surface area contributed by atoms with Crippen molar-refractivity contribution in [2.45, 2.75) is 51.7 Å². The molecule has 0 amide bonds. The van der Waals surface area contributed by atoms with E-state index in [2.05, 4.69) is 6.58 Å². The summed E-state index contributed by atoms with van der Waals surface area (Å²) in [5.74, 6) is -0.167. The molecular formula is C25H29ClO4. The van der Waals surface area contributed by atoms with Gasteiger partial charge in [-0.15, -0.1) is 0 Å². The second-order valence-corrected chi connectivity index (χ2v) is 8.39. The molecule has 0 unspecified atom stereocenters. The zero-order chi connectivity index (χ0) is 21.8. The van der Waals surface area contributed by atoms with Crippen LogP contribution in [-0.4, -0.2) is 23.8 Å². The molecule has 0 aromatic heterocycles. The molecule has 2 aromatic carbocycles. The molecule has 3 rings (SSSR count). The molecule has 0 saturated carbocycles. The number of hydrogen-bond acceptors (Lipinski definition) is 3. The van der Waals surface area contributed by atoms with Gasteiger partial charge in [-0.2, -0.15) is 0 Å². The Morgan fingerprint density at radius 1 is 1.27 bits per heavy atom. The molecule has 1 aliphatic heterocycles. The van der Waals surface area contributed by atoms with Gasteiger partial charge in [0.2, 0.25) is 0 Å². The molecule has 1 fully saturated rings. The lowest BCUT2D eigenvalue weighted by atomic mass is 9.75. The predicted molar refractivity (Wildman–Crippen MR) is 120 cm³/mol. The van der Waals surface area contributed by atoms with Gasteiger partial charge in [0.25, 0.3) is 0 Å². The van der Waals surface area contributed by atoms with E-state index in [4.69, 9.17) is 21.1 Å². The molecule has 4 atom stereocenters.